The van der Waals surface area contributed by atoms with Gasteiger partial charge >= 0.3 is 0 Å². The fraction of sp³-hybridized carbons (Fsp3) is 0.118. The number of ether oxygens (including phenoxy) is 2. The van der Waals surface area contributed by atoms with E-state index in [0.717, 1.165) is 5.56 Å². The molecular weight excluding hydrogens is 266 g/mol. The zero-order chi connectivity index (χ0) is 15.1. The van der Waals surface area contributed by atoms with E-state index in [0.29, 0.717) is 23.8 Å². The summed E-state index contributed by atoms with van der Waals surface area (Å²) in [6.45, 7) is 3.86. The lowest BCUT2D eigenvalue weighted by Gasteiger charge is -2.10. The molecule has 2 aromatic rings. The van der Waals surface area contributed by atoms with Crippen LogP contribution in [0.2, 0.25) is 0 Å². The molecule has 0 bridgehead atoms. The highest BCUT2D eigenvalue weighted by molar-refractivity contribution is 5.86. The van der Waals surface area contributed by atoms with Crippen molar-refractivity contribution in [1.82, 2.24) is 5.32 Å². The number of amides is 1. The number of para-hydroxylation sites is 2. The van der Waals surface area contributed by atoms with Crippen LogP contribution in [0, 0.1) is 0 Å². The molecular formula is C17H17NO3. The van der Waals surface area contributed by atoms with Crippen molar-refractivity contribution in [1.29, 1.82) is 0 Å². The summed E-state index contributed by atoms with van der Waals surface area (Å²) in [5, 5.41) is 2.72. The number of carbonyl (C=O) groups excluding carboxylic acids is 1. The van der Waals surface area contributed by atoms with Crippen molar-refractivity contribution < 1.29 is 14.3 Å². The fourth-order valence-electron chi connectivity index (χ4n) is 1.77. The zero-order valence-electron chi connectivity index (χ0n) is 11.8. The molecule has 1 N–H and O–H groups in total. The number of benzene rings is 2. The van der Waals surface area contributed by atoms with Crippen LogP contribution in [0.15, 0.2) is 61.2 Å². The number of methoxy groups -OCH3 is 1. The lowest BCUT2D eigenvalue weighted by atomic mass is 10.2. The Hall–Kier alpha value is -2.75. The van der Waals surface area contributed by atoms with E-state index in [1.165, 1.54) is 6.08 Å². The van der Waals surface area contributed by atoms with Crippen molar-refractivity contribution in [2.75, 3.05) is 7.11 Å². The molecule has 0 heterocycles. The summed E-state index contributed by atoms with van der Waals surface area (Å²) in [5.74, 6) is 1.86. The third-order valence-corrected chi connectivity index (χ3v) is 2.87. The Balaban J connectivity index is 2.02. The van der Waals surface area contributed by atoms with E-state index in [1.807, 2.05) is 48.5 Å². The molecule has 4 nitrogen and oxygen atoms in total. The molecule has 2 rings (SSSR count). The molecule has 0 aliphatic carbocycles. The smallest absolute Gasteiger partial charge is 0.243 e. The highest BCUT2D eigenvalue weighted by Crippen LogP contribution is 2.30. The third-order valence-electron chi connectivity index (χ3n) is 2.87. The number of nitrogens with one attached hydrogen (secondary N) is 1. The molecule has 0 saturated heterocycles. The summed E-state index contributed by atoms with van der Waals surface area (Å²) in [4.78, 5) is 11.1. The van der Waals surface area contributed by atoms with E-state index in [2.05, 4.69) is 11.9 Å². The molecule has 4 heteroatoms. The molecule has 0 atom stereocenters. The van der Waals surface area contributed by atoms with Crippen LogP contribution in [-0.4, -0.2) is 13.0 Å². The Morgan fingerprint density at radius 3 is 2.43 bits per heavy atom. The molecule has 21 heavy (non-hydrogen) atoms. The van der Waals surface area contributed by atoms with Gasteiger partial charge in [0.15, 0.2) is 11.5 Å². The van der Waals surface area contributed by atoms with Crippen molar-refractivity contribution >= 4 is 5.91 Å². The predicted molar refractivity (Wildman–Crippen MR) is 81.6 cm³/mol. The molecule has 0 aromatic heterocycles. The van der Waals surface area contributed by atoms with Crippen LogP contribution in [0.1, 0.15) is 5.56 Å². The summed E-state index contributed by atoms with van der Waals surface area (Å²) in [5.41, 5.74) is 0.984. The zero-order valence-corrected chi connectivity index (χ0v) is 11.8. The second kappa shape index (κ2) is 7.14. The summed E-state index contributed by atoms with van der Waals surface area (Å²) in [6, 6.07) is 14.9. The van der Waals surface area contributed by atoms with Crippen LogP contribution < -0.4 is 14.8 Å². The molecule has 0 fully saturated rings. The summed E-state index contributed by atoms with van der Waals surface area (Å²) >= 11 is 0. The Morgan fingerprint density at radius 2 is 1.81 bits per heavy atom. The van der Waals surface area contributed by atoms with Crippen molar-refractivity contribution in [2.24, 2.45) is 0 Å². The second-order valence-corrected chi connectivity index (χ2v) is 4.32. The normalized spacial score (nSPS) is 9.76. The minimum absolute atomic E-state index is 0.190. The minimum Gasteiger partial charge on any atom is -0.493 e. The van der Waals surface area contributed by atoms with Gasteiger partial charge in [-0.25, -0.2) is 0 Å². The van der Waals surface area contributed by atoms with Gasteiger partial charge in [-0.2, -0.15) is 0 Å². The molecule has 0 aliphatic heterocycles. The van der Waals surface area contributed by atoms with E-state index >= 15 is 0 Å². The van der Waals surface area contributed by atoms with Gasteiger partial charge in [0, 0.05) is 6.54 Å². The summed E-state index contributed by atoms with van der Waals surface area (Å²) in [6.07, 6.45) is 1.25. The predicted octanol–water partition coefficient (Wildman–Crippen LogP) is 3.29. The topological polar surface area (TPSA) is 47.6 Å². The van der Waals surface area contributed by atoms with E-state index in [9.17, 15) is 4.79 Å². The number of hydrogen-bond acceptors (Lipinski definition) is 3. The van der Waals surface area contributed by atoms with Gasteiger partial charge in [-0.05, 0) is 35.9 Å². The van der Waals surface area contributed by atoms with Gasteiger partial charge in [-0.1, -0.05) is 30.8 Å². The SMILES string of the molecule is C=CC(=O)NCc1ccc(Oc2ccccc2OC)cc1. The average Bonchev–Trinajstić information content (AvgIpc) is 2.54. The van der Waals surface area contributed by atoms with Gasteiger partial charge in [0.05, 0.1) is 7.11 Å². The largest absolute Gasteiger partial charge is 0.493 e. The molecule has 0 spiro atoms. The summed E-state index contributed by atoms with van der Waals surface area (Å²) < 4.78 is 11.0. The van der Waals surface area contributed by atoms with E-state index in [4.69, 9.17) is 9.47 Å². The van der Waals surface area contributed by atoms with Gasteiger partial charge < -0.3 is 14.8 Å². The minimum atomic E-state index is -0.190. The summed E-state index contributed by atoms with van der Waals surface area (Å²) in [7, 11) is 1.60. The van der Waals surface area contributed by atoms with Crippen molar-refractivity contribution in [3.63, 3.8) is 0 Å². The lowest BCUT2D eigenvalue weighted by Crippen LogP contribution is -2.19. The third kappa shape index (κ3) is 4.11. The molecule has 0 saturated carbocycles. The van der Waals surface area contributed by atoms with Crippen LogP contribution in [0.4, 0.5) is 0 Å². The van der Waals surface area contributed by atoms with Gasteiger partial charge in [0.2, 0.25) is 5.91 Å². The number of carbonyl (C=O) groups is 1. The van der Waals surface area contributed by atoms with Gasteiger partial charge in [-0.15, -0.1) is 0 Å². The molecule has 2 aromatic carbocycles. The monoisotopic (exact) mass is 283 g/mol. The Labute approximate surface area is 124 Å². The van der Waals surface area contributed by atoms with Crippen molar-refractivity contribution in [3.05, 3.63) is 66.7 Å². The highest BCUT2D eigenvalue weighted by atomic mass is 16.5. The average molecular weight is 283 g/mol. The first-order chi connectivity index (χ1) is 10.2. The number of hydrogen-bond donors (Lipinski definition) is 1. The Kier molecular flexibility index (Phi) is 4.99. The fourth-order valence-corrected chi connectivity index (χ4v) is 1.77. The van der Waals surface area contributed by atoms with Crippen LogP contribution in [0.25, 0.3) is 0 Å². The van der Waals surface area contributed by atoms with Crippen LogP contribution in [0.5, 0.6) is 17.2 Å². The quantitative estimate of drug-likeness (QED) is 0.828. The van der Waals surface area contributed by atoms with Crippen LogP contribution >= 0.6 is 0 Å². The standard InChI is InChI=1S/C17H17NO3/c1-3-17(19)18-12-13-8-10-14(11-9-13)21-16-7-5-4-6-15(16)20-2/h3-11H,1,12H2,2H3,(H,18,19). The maximum Gasteiger partial charge on any atom is 0.243 e. The van der Waals surface area contributed by atoms with Crippen molar-refractivity contribution in [3.8, 4) is 17.2 Å². The van der Waals surface area contributed by atoms with Gasteiger partial charge in [0.1, 0.15) is 5.75 Å². The maximum atomic E-state index is 11.1. The van der Waals surface area contributed by atoms with E-state index in [1.54, 1.807) is 7.11 Å². The number of rotatable bonds is 6. The lowest BCUT2D eigenvalue weighted by molar-refractivity contribution is -0.116. The van der Waals surface area contributed by atoms with Gasteiger partial charge in [-0.3, -0.25) is 4.79 Å². The van der Waals surface area contributed by atoms with E-state index in [-0.39, 0.29) is 5.91 Å². The molecule has 0 unspecified atom stereocenters. The van der Waals surface area contributed by atoms with Crippen LogP contribution in [-0.2, 0) is 11.3 Å². The van der Waals surface area contributed by atoms with Crippen molar-refractivity contribution in [2.45, 2.75) is 6.54 Å². The molecule has 0 radical (unpaired) electrons. The Morgan fingerprint density at radius 1 is 1.14 bits per heavy atom. The highest BCUT2D eigenvalue weighted by Gasteiger charge is 2.04. The molecule has 1 amide bonds. The molecule has 108 valence electrons. The maximum absolute atomic E-state index is 11.1. The first-order valence-corrected chi connectivity index (χ1v) is 6.53. The Bertz CT molecular complexity index is 620. The van der Waals surface area contributed by atoms with Crippen LogP contribution in [0.3, 0.4) is 0 Å². The first-order valence-electron chi connectivity index (χ1n) is 6.53. The second-order valence-electron chi connectivity index (χ2n) is 4.32. The molecule has 0 aliphatic rings. The first kappa shape index (κ1) is 14.7. The van der Waals surface area contributed by atoms with Gasteiger partial charge in [0.25, 0.3) is 0 Å². The van der Waals surface area contributed by atoms with E-state index < -0.39 is 0 Å².